The fourth-order valence-corrected chi connectivity index (χ4v) is 2.62. The molecule has 0 aliphatic carbocycles. The minimum atomic E-state index is 0.558. The summed E-state index contributed by atoms with van der Waals surface area (Å²) in [4.78, 5) is 0. The van der Waals surface area contributed by atoms with Crippen LogP contribution in [0.1, 0.15) is 76.7 Å². The summed E-state index contributed by atoms with van der Waals surface area (Å²) in [7, 11) is 1.69. The van der Waals surface area contributed by atoms with Gasteiger partial charge in [-0.2, -0.15) is 0 Å². The zero-order valence-electron chi connectivity index (χ0n) is 13.5. The van der Waals surface area contributed by atoms with Crippen LogP contribution < -0.4 is 10.5 Å². The molecule has 0 bridgehead atoms. The number of hydrogen-bond acceptors (Lipinski definition) is 2. The van der Waals surface area contributed by atoms with Gasteiger partial charge in [0.25, 0.3) is 0 Å². The molecule has 1 atom stereocenters. The van der Waals surface area contributed by atoms with Crippen LogP contribution in [0.2, 0.25) is 0 Å². The van der Waals surface area contributed by atoms with Crippen LogP contribution >= 0.6 is 0 Å². The molecule has 0 aliphatic heterocycles. The lowest BCUT2D eigenvalue weighted by Gasteiger charge is -2.14. The Balaban J connectivity index is 2.28. The highest BCUT2D eigenvalue weighted by Crippen LogP contribution is 2.28. The van der Waals surface area contributed by atoms with Gasteiger partial charge in [0.05, 0.1) is 7.11 Å². The molecule has 0 saturated carbocycles. The molecule has 1 aromatic carbocycles. The fraction of sp³-hybridized carbons (Fsp3) is 0.667. The van der Waals surface area contributed by atoms with Crippen molar-refractivity contribution in [2.75, 3.05) is 12.8 Å². The Morgan fingerprint density at radius 2 is 1.65 bits per heavy atom. The summed E-state index contributed by atoms with van der Waals surface area (Å²) in [5.74, 6) is 1.43. The van der Waals surface area contributed by atoms with E-state index < -0.39 is 0 Å². The maximum atomic E-state index is 5.92. The molecule has 1 aromatic rings. The summed E-state index contributed by atoms with van der Waals surface area (Å²) in [6.45, 7) is 4.55. The zero-order valence-corrected chi connectivity index (χ0v) is 13.5. The van der Waals surface area contributed by atoms with Gasteiger partial charge < -0.3 is 10.5 Å². The van der Waals surface area contributed by atoms with Crippen molar-refractivity contribution in [2.45, 2.75) is 71.1 Å². The van der Waals surface area contributed by atoms with Gasteiger partial charge in [0, 0.05) is 11.8 Å². The summed E-state index contributed by atoms with van der Waals surface area (Å²) in [5.41, 5.74) is 8.01. The Morgan fingerprint density at radius 3 is 2.30 bits per heavy atom. The Labute approximate surface area is 124 Å². The molecule has 0 fully saturated rings. The number of nitrogens with two attached hydrogens (primary N) is 1. The summed E-state index contributed by atoms with van der Waals surface area (Å²) < 4.78 is 5.29. The van der Waals surface area contributed by atoms with E-state index in [4.69, 9.17) is 10.5 Å². The smallest absolute Gasteiger partial charge is 0.121 e. The normalized spacial score (nSPS) is 12.3. The van der Waals surface area contributed by atoms with Crippen LogP contribution in [0.5, 0.6) is 5.75 Å². The molecule has 0 aromatic heterocycles. The average molecular weight is 277 g/mol. The first-order chi connectivity index (χ1) is 9.67. The number of nitrogen functional groups attached to an aromatic ring is 1. The second-order valence-corrected chi connectivity index (χ2v) is 5.85. The summed E-state index contributed by atoms with van der Waals surface area (Å²) >= 11 is 0. The lowest BCUT2D eigenvalue weighted by atomic mass is 9.94. The van der Waals surface area contributed by atoms with E-state index in [-0.39, 0.29) is 0 Å². The van der Waals surface area contributed by atoms with E-state index in [9.17, 15) is 0 Å². The van der Waals surface area contributed by atoms with Crippen molar-refractivity contribution >= 4 is 5.69 Å². The van der Waals surface area contributed by atoms with Gasteiger partial charge in [-0.05, 0) is 30.0 Å². The largest absolute Gasteiger partial charge is 0.497 e. The highest BCUT2D eigenvalue weighted by Gasteiger charge is 2.08. The van der Waals surface area contributed by atoms with Gasteiger partial charge in [0.2, 0.25) is 0 Å². The first-order valence-corrected chi connectivity index (χ1v) is 8.11. The number of hydrogen-bond donors (Lipinski definition) is 1. The van der Waals surface area contributed by atoms with Crippen molar-refractivity contribution in [1.29, 1.82) is 0 Å². The Bertz CT molecular complexity index is 376. The van der Waals surface area contributed by atoms with Gasteiger partial charge in [-0.15, -0.1) is 0 Å². The molecular weight excluding hydrogens is 246 g/mol. The number of unbranched alkanes of at least 4 members (excludes halogenated alkanes) is 6. The number of methoxy groups -OCH3 is 1. The topological polar surface area (TPSA) is 35.2 Å². The number of rotatable bonds is 10. The molecular formula is C18H31NO. The summed E-state index contributed by atoms with van der Waals surface area (Å²) in [6, 6.07) is 6.07. The summed E-state index contributed by atoms with van der Waals surface area (Å²) in [6.07, 6.45) is 10.8. The minimum absolute atomic E-state index is 0.558. The highest BCUT2D eigenvalue weighted by molar-refractivity contribution is 5.48. The van der Waals surface area contributed by atoms with E-state index in [1.165, 1.54) is 56.9 Å². The fourth-order valence-electron chi connectivity index (χ4n) is 2.62. The average Bonchev–Trinajstić information content (AvgIpc) is 2.45. The standard InChI is InChI=1S/C18H31NO/c1-4-5-6-7-8-9-10-11-15(2)16-12-17(19)14-18(13-16)20-3/h12-15H,4-11,19H2,1-3H3. The molecule has 2 heteroatoms. The van der Waals surface area contributed by atoms with Crippen LogP contribution in [0.25, 0.3) is 0 Å². The van der Waals surface area contributed by atoms with E-state index in [0.717, 1.165) is 11.4 Å². The first-order valence-electron chi connectivity index (χ1n) is 8.11. The van der Waals surface area contributed by atoms with Crippen molar-refractivity contribution in [2.24, 2.45) is 0 Å². The quantitative estimate of drug-likeness (QED) is 0.451. The zero-order chi connectivity index (χ0) is 14.8. The van der Waals surface area contributed by atoms with E-state index in [1.54, 1.807) is 7.11 Å². The molecule has 1 rings (SSSR count). The van der Waals surface area contributed by atoms with Crippen LogP contribution in [0.15, 0.2) is 18.2 Å². The molecule has 20 heavy (non-hydrogen) atoms. The Kier molecular flexibility index (Phi) is 8.17. The van der Waals surface area contributed by atoms with Gasteiger partial charge in [-0.3, -0.25) is 0 Å². The third-order valence-electron chi connectivity index (χ3n) is 4.00. The van der Waals surface area contributed by atoms with Crippen LogP contribution in [-0.4, -0.2) is 7.11 Å². The molecule has 2 nitrogen and oxygen atoms in total. The van der Waals surface area contributed by atoms with Crippen LogP contribution in [0.4, 0.5) is 5.69 Å². The number of ether oxygens (including phenoxy) is 1. The molecule has 2 N–H and O–H groups in total. The first kappa shape index (κ1) is 16.9. The van der Waals surface area contributed by atoms with Gasteiger partial charge in [-0.1, -0.05) is 58.8 Å². The van der Waals surface area contributed by atoms with Gasteiger partial charge in [0.1, 0.15) is 5.75 Å². The summed E-state index contributed by atoms with van der Waals surface area (Å²) in [5, 5.41) is 0. The Morgan fingerprint density at radius 1 is 1.00 bits per heavy atom. The van der Waals surface area contributed by atoms with Crippen molar-refractivity contribution in [3.8, 4) is 5.75 Å². The predicted molar refractivity (Wildman–Crippen MR) is 88.4 cm³/mol. The van der Waals surface area contributed by atoms with Crippen LogP contribution in [0.3, 0.4) is 0 Å². The molecule has 0 heterocycles. The van der Waals surface area contributed by atoms with E-state index in [1.807, 2.05) is 6.07 Å². The van der Waals surface area contributed by atoms with Crippen LogP contribution in [-0.2, 0) is 0 Å². The molecule has 0 spiro atoms. The van der Waals surface area contributed by atoms with Gasteiger partial charge in [-0.25, -0.2) is 0 Å². The maximum Gasteiger partial charge on any atom is 0.121 e. The monoisotopic (exact) mass is 277 g/mol. The van der Waals surface area contributed by atoms with Crippen LogP contribution in [0, 0.1) is 0 Å². The minimum Gasteiger partial charge on any atom is -0.497 e. The molecule has 0 radical (unpaired) electrons. The van der Waals surface area contributed by atoms with Crippen molar-refractivity contribution < 1.29 is 4.74 Å². The lowest BCUT2D eigenvalue weighted by Crippen LogP contribution is -1.97. The van der Waals surface area contributed by atoms with E-state index in [2.05, 4.69) is 26.0 Å². The van der Waals surface area contributed by atoms with Crippen molar-refractivity contribution in [1.82, 2.24) is 0 Å². The maximum absolute atomic E-state index is 5.92. The van der Waals surface area contributed by atoms with Gasteiger partial charge >= 0.3 is 0 Å². The second kappa shape index (κ2) is 9.68. The van der Waals surface area contributed by atoms with Crippen molar-refractivity contribution in [3.63, 3.8) is 0 Å². The number of benzene rings is 1. The molecule has 1 unspecified atom stereocenters. The third-order valence-corrected chi connectivity index (χ3v) is 4.00. The Hall–Kier alpha value is -1.18. The molecule has 114 valence electrons. The highest BCUT2D eigenvalue weighted by atomic mass is 16.5. The van der Waals surface area contributed by atoms with Crippen molar-refractivity contribution in [3.05, 3.63) is 23.8 Å². The molecule has 0 amide bonds. The predicted octanol–water partition coefficient (Wildman–Crippen LogP) is 5.52. The number of anilines is 1. The second-order valence-electron chi connectivity index (χ2n) is 5.85. The third kappa shape index (κ3) is 6.31. The van der Waals surface area contributed by atoms with E-state index >= 15 is 0 Å². The van der Waals surface area contributed by atoms with E-state index in [0.29, 0.717) is 5.92 Å². The lowest BCUT2D eigenvalue weighted by molar-refractivity contribution is 0.414. The van der Waals surface area contributed by atoms with Gasteiger partial charge in [0.15, 0.2) is 0 Å². The molecule has 0 aliphatic rings. The SMILES string of the molecule is CCCCCCCCCC(C)c1cc(N)cc(OC)c1. The molecule has 0 saturated heterocycles.